The summed E-state index contributed by atoms with van der Waals surface area (Å²) in [6.45, 7) is 10.7. The zero-order chi connectivity index (χ0) is 35.7. The molecule has 1 heterocycles. The van der Waals surface area contributed by atoms with Crippen molar-refractivity contribution in [2.45, 2.75) is 153 Å². The van der Waals surface area contributed by atoms with E-state index in [2.05, 4.69) is 16.0 Å². The van der Waals surface area contributed by atoms with Gasteiger partial charge in [0.2, 0.25) is 17.6 Å². The van der Waals surface area contributed by atoms with E-state index in [4.69, 9.17) is 5.73 Å². The van der Waals surface area contributed by atoms with E-state index in [1.807, 2.05) is 20.8 Å². The van der Waals surface area contributed by atoms with Crippen LogP contribution in [0.25, 0.3) is 0 Å². The molecule has 270 valence electrons. The van der Waals surface area contributed by atoms with Crippen molar-refractivity contribution in [3.8, 4) is 0 Å². The summed E-state index contributed by atoms with van der Waals surface area (Å²) in [5, 5.41) is 8.70. The van der Waals surface area contributed by atoms with Crippen molar-refractivity contribution < 1.29 is 32.4 Å². The lowest BCUT2D eigenvalue weighted by molar-refractivity contribution is -0.143. The molecule has 3 saturated carbocycles. The second-order valence-corrected chi connectivity index (χ2v) is 19.3. The van der Waals surface area contributed by atoms with Gasteiger partial charge in [0.25, 0.3) is 5.91 Å². The van der Waals surface area contributed by atoms with Gasteiger partial charge in [0.15, 0.2) is 9.84 Å². The highest BCUT2D eigenvalue weighted by atomic mass is 32.2. The number of nitrogens with zero attached hydrogens (tertiary/aromatic N) is 1. The Hall–Kier alpha value is -2.96. The van der Waals surface area contributed by atoms with E-state index in [9.17, 15) is 32.4 Å². The van der Waals surface area contributed by atoms with Crippen LogP contribution in [0, 0.1) is 11.3 Å². The van der Waals surface area contributed by atoms with Crippen LogP contribution in [0.1, 0.15) is 125 Å². The topological polar surface area (TPSA) is 185 Å². The maximum Gasteiger partial charge on any atom is 0.315 e. The Morgan fingerprint density at radius 3 is 1.98 bits per heavy atom. The summed E-state index contributed by atoms with van der Waals surface area (Å²) >= 11 is 0. The van der Waals surface area contributed by atoms with Gasteiger partial charge in [0.1, 0.15) is 18.1 Å². The van der Waals surface area contributed by atoms with Gasteiger partial charge in [0.05, 0.1) is 16.0 Å². The molecule has 0 aromatic rings. The first-order valence-electron chi connectivity index (χ1n) is 17.7. The molecule has 4 rings (SSSR count). The molecule has 0 radical (unpaired) electrons. The van der Waals surface area contributed by atoms with Crippen molar-refractivity contribution in [3.05, 3.63) is 11.1 Å². The van der Waals surface area contributed by atoms with Crippen LogP contribution in [0.4, 0.5) is 4.79 Å². The summed E-state index contributed by atoms with van der Waals surface area (Å²) in [7, 11) is -3.56. The molecule has 5 N–H and O–H groups in total. The number of amides is 5. The Morgan fingerprint density at radius 1 is 0.875 bits per heavy atom. The molecule has 3 atom stereocenters. The molecular weight excluding hydrogens is 634 g/mol. The minimum Gasteiger partial charge on any atom is -0.363 e. The molecule has 48 heavy (non-hydrogen) atoms. The second kappa shape index (κ2) is 14.5. The van der Waals surface area contributed by atoms with E-state index in [1.165, 1.54) is 4.90 Å². The molecule has 1 saturated heterocycles. The number of allylic oxidation sites excluding steroid dienone is 1. The molecule has 4 fully saturated rings. The lowest BCUT2D eigenvalue weighted by Gasteiger charge is -2.41. The van der Waals surface area contributed by atoms with Gasteiger partial charge in [-0.1, -0.05) is 52.0 Å². The van der Waals surface area contributed by atoms with Gasteiger partial charge in [-0.3, -0.25) is 19.2 Å². The molecule has 0 aromatic carbocycles. The third-order valence-corrected chi connectivity index (χ3v) is 13.7. The van der Waals surface area contributed by atoms with Gasteiger partial charge in [-0.05, 0) is 95.5 Å². The zero-order valence-corrected chi connectivity index (χ0v) is 30.5. The normalized spacial score (nSPS) is 23.2. The molecule has 3 aliphatic carbocycles. The number of nitrogens with one attached hydrogen (secondary N) is 3. The quantitative estimate of drug-likeness (QED) is 0.200. The summed E-state index contributed by atoms with van der Waals surface area (Å²) in [6.07, 6.45) is 9.94. The number of Topliss-reactive ketones (excluding diaryl/α,β-unsaturated/α-hetero) is 1. The Bertz CT molecular complexity index is 1410. The van der Waals surface area contributed by atoms with Gasteiger partial charge < -0.3 is 26.6 Å². The molecule has 1 aliphatic heterocycles. The smallest absolute Gasteiger partial charge is 0.315 e. The number of sulfone groups is 1. The summed E-state index contributed by atoms with van der Waals surface area (Å²) in [5.74, 6) is -3.28. The predicted octanol–water partition coefficient (Wildman–Crippen LogP) is 3.43. The third kappa shape index (κ3) is 8.42. The molecule has 12 nitrogen and oxygen atoms in total. The second-order valence-electron chi connectivity index (χ2n) is 16.5. The average molecular weight is 692 g/mol. The monoisotopic (exact) mass is 691 g/mol. The van der Waals surface area contributed by atoms with E-state index in [1.54, 1.807) is 20.8 Å². The van der Waals surface area contributed by atoms with Crippen molar-refractivity contribution in [1.29, 1.82) is 0 Å². The number of urea groups is 1. The first-order valence-corrected chi connectivity index (χ1v) is 19.4. The maximum atomic E-state index is 14.5. The Labute approximate surface area is 286 Å². The molecule has 5 amide bonds. The van der Waals surface area contributed by atoms with Crippen molar-refractivity contribution in [1.82, 2.24) is 20.9 Å². The van der Waals surface area contributed by atoms with Crippen molar-refractivity contribution in [3.63, 3.8) is 0 Å². The number of carbonyl (C=O) groups excluding carboxylic acids is 5. The number of carbonyl (C=O) groups is 5. The van der Waals surface area contributed by atoms with E-state index >= 15 is 0 Å². The molecule has 0 bridgehead atoms. The zero-order valence-electron chi connectivity index (χ0n) is 29.7. The van der Waals surface area contributed by atoms with Crippen LogP contribution >= 0.6 is 0 Å². The number of primary amides is 1. The van der Waals surface area contributed by atoms with Crippen LogP contribution in [0.5, 0.6) is 0 Å². The summed E-state index contributed by atoms with van der Waals surface area (Å²) in [5.41, 5.74) is 5.63. The average Bonchev–Trinajstić information content (AvgIpc) is 3.63. The highest BCUT2D eigenvalue weighted by Crippen LogP contribution is 2.38. The highest BCUT2D eigenvalue weighted by Gasteiger charge is 2.48. The molecule has 0 aromatic heterocycles. The molecule has 4 aliphatic rings. The minimum absolute atomic E-state index is 0.191. The lowest BCUT2D eigenvalue weighted by Crippen LogP contribution is -2.64. The van der Waals surface area contributed by atoms with Crippen LogP contribution in [0.3, 0.4) is 0 Å². The largest absolute Gasteiger partial charge is 0.363 e. The van der Waals surface area contributed by atoms with Crippen molar-refractivity contribution >= 4 is 39.4 Å². The number of hydrogen-bond donors (Lipinski definition) is 4. The predicted molar refractivity (Wildman–Crippen MR) is 183 cm³/mol. The first kappa shape index (κ1) is 37.9. The summed E-state index contributed by atoms with van der Waals surface area (Å²) in [4.78, 5) is 68.6. The van der Waals surface area contributed by atoms with Crippen LogP contribution in [0.2, 0.25) is 0 Å². The number of ketones is 1. The number of likely N-dealkylation sites (tertiary alicyclic amines) is 1. The third-order valence-electron chi connectivity index (χ3n) is 10.9. The van der Waals surface area contributed by atoms with Gasteiger partial charge in [0, 0.05) is 6.54 Å². The van der Waals surface area contributed by atoms with E-state index in [0.717, 1.165) is 62.5 Å². The highest BCUT2D eigenvalue weighted by molar-refractivity contribution is 7.92. The van der Waals surface area contributed by atoms with Crippen molar-refractivity contribution in [2.75, 3.05) is 12.3 Å². The fourth-order valence-corrected chi connectivity index (χ4v) is 9.14. The first-order chi connectivity index (χ1) is 22.3. The fourth-order valence-electron chi connectivity index (χ4n) is 7.62. The number of rotatable bonds is 10. The van der Waals surface area contributed by atoms with Crippen molar-refractivity contribution in [2.24, 2.45) is 17.1 Å². The molecule has 13 heteroatoms. The standard InChI is InChI=1S/C35H57N5O7S/c1-33(2,3)28(38-32(45)39-35(18-10-7-11-19-35)21-48(46,47)34(4,5)6)31(44)40-20-17-24(22-13-8-9-14-22)26(40)30(43)37-25(23-15-12-16-23)27(41)29(36)42/h23,25-26,28H,7-21H2,1-6H3,(H2,36,42)(H,37,43)(H2,38,39,45)/t25?,26-,28+/m0/s1. The maximum absolute atomic E-state index is 14.5. The van der Waals surface area contributed by atoms with Gasteiger partial charge >= 0.3 is 6.03 Å². The van der Waals surface area contributed by atoms with E-state index in [-0.39, 0.29) is 18.2 Å². The number of nitrogens with two attached hydrogens (primary N) is 1. The van der Waals surface area contributed by atoms with Crippen LogP contribution in [0.15, 0.2) is 11.1 Å². The SMILES string of the molecule is CC(C)(C)[C@H](NC(=O)NC1(CS(=O)(=O)C(C)(C)C)CCCCC1)C(=O)N1CCC(=C2CCCC2)[C@H]1C(=O)NC(C(=O)C(N)=O)C1CCC1. The van der Waals surface area contributed by atoms with Gasteiger partial charge in [-0.2, -0.15) is 0 Å². The lowest BCUT2D eigenvalue weighted by atomic mass is 9.78. The summed E-state index contributed by atoms with van der Waals surface area (Å²) in [6, 6.07) is -3.70. The summed E-state index contributed by atoms with van der Waals surface area (Å²) < 4.78 is 25.6. The molecule has 0 spiro atoms. The van der Waals surface area contributed by atoms with Crippen LogP contribution in [-0.2, 0) is 29.0 Å². The fraction of sp³-hybridized carbons (Fsp3) is 0.800. The van der Waals surface area contributed by atoms with Crippen LogP contribution < -0.4 is 21.7 Å². The van der Waals surface area contributed by atoms with Gasteiger partial charge in [-0.15, -0.1) is 0 Å². The molecular formula is C35H57N5O7S. The van der Waals surface area contributed by atoms with Crippen LogP contribution in [-0.4, -0.2) is 83.6 Å². The Morgan fingerprint density at radius 2 is 1.48 bits per heavy atom. The number of hydrogen-bond acceptors (Lipinski definition) is 7. The molecule has 1 unspecified atom stereocenters. The van der Waals surface area contributed by atoms with E-state index < -0.39 is 73.2 Å². The Kier molecular flexibility index (Phi) is 11.4. The Balaban J connectivity index is 1.61. The van der Waals surface area contributed by atoms with Gasteiger partial charge in [-0.25, -0.2) is 13.2 Å². The van der Waals surface area contributed by atoms with E-state index in [0.29, 0.717) is 32.1 Å². The minimum atomic E-state index is -3.56.